The Balaban J connectivity index is 0.00000312. The molecule has 1 aliphatic rings. The predicted octanol–water partition coefficient (Wildman–Crippen LogP) is 2.09. The Labute approximate surface area is 171 Å². The van der Waals surface area contributed by atoms with Crippen LogP contribution in [0.1, 0.15) is 23.1 Å². The summed E-state index contributed by atoms with van der Waals surface area (Å²) in [6.07, 6.45) is 2.13. The molecule has 1 unspecified atom stereocenters. The van der Waals surface area contributed by atoms with Crippen molar-refractivity contribution in [2.75, 3.05) is 40.4 Å². The molecule has 8 heteroatoms. The molecule has 0 radical (unpaired) electrons. The number of nitrogens with one attached hydrogen (secondary N) is 2. The molecule has 25 heavy (non-hydrogen) atoms. The Morgan fingerprint density at radius 3 is 2.72 bits per heavy atom. The number of aliphatic imine (C=N–C) groups is 1. The summed E-state index contributed by atoms with van der Waals surface area (Å²) < 4.78 is 5.40. The number of rotatable bonds is 7. The van der Waals surface area contributed by atoms with E-state index in [1.165, 1.54) is 9.75 Å². The summed E-state index contributed by atoms with van der Waals surface area (Å²) in [6.45, 7) is 5.46. The number of halogens is 1. The quantitative estimate of drug-likeness (QED) is 0.357. The van der Waals surface area contributed by atoms with E-state index in [9.17, 15) is 4.79 Å². The van der Waals surface area contributed by atoms with Gasteiger partial charge in [0.25, 0.3) is 0 Å². The van der Waals surface area contributed by atoms with Gasteiger partial charge in [0.05, 0.1) is 13.2 Å². The molecule has 0 aliphatic carbocycles. The highest BCUT2D eigenvalue weighted by Crippen LogP contribution is 2.16. The van der Waals surface area contributed by atoms with Crippen molar-refractivity contribution in [3.05, 3.63) is 21.9 Å². The number of carbonyl (C=O) groups excluding carboxylic acids is 1. The average molecular weight is 480 g/mol. The molecule has 2 heterocycles. The molecule has 6 nitrogen and oxygen atoms in total. The molecule has 1 fully saturated rings. The Morgan fingerprint density at radius 2 is 2.12 bits per heavy atom. The zero-order valence-electron chi connectivity index (χ0n) is 15.2. The number of hydrogen-bond acceptors (Lipinski definition) is 4. The van der Waals surface area contributed by atoms with E-state index in [0.29, 0.717) is 18.4 Å². The second kappa shape index (κ2) is 11.7. The molecule has 142 valence electrons. The number of guanidine groups is 1. The minimum Gasteiger partial charge on any atom is -0.381 e. The molecule has 1 amide bonds. The van der Waals surface area contributed by atoms with Gasteiger partial charge in [0, 0.05) is 42.9 Å². The molecule has 1 saturated heterocycles. The number of likely N-dealkylation sites (N-methyl/N-ethyl adjacent to an activating group) is 1. The van der Waals surface area contributed by atoms with Crippen molar-refractivity contribution in [1.29, 1.82) is 0 Å². The molecular weight excluding hydrogens is 451 g/mol. The van der Waals surface area contributed by atoms with Crippen LogP contribution in [0.4, 0.5) is 0 Å². The lowest BCUT2D eigenvalue weighted by atomic mass is 10.1. The summed E-state index contributed by atoms with van der Waals surface area (Å²) >= 11 is 1.81. The molecule has 1 aromatic heterocycles. The Morgan fingerprint density at radius 1 is 1.36 bits per heavy atom. The highest BCUT2D eigenvalue weighted by molar-refractivity contribution is 14.0. The number of amides is 1. The summed E-state index contributed by atoms with van der Waals surface area (Å²) in [4.78, 5) is 20.4. The Hall–Kier alpha value is -0.870. The van der Waals surface area contributed by atoms with Crippen LogP contribution in [-0.4, -0.2) is 57.2 Å². The number of thiophene rings is 1. The number of hydrogen-bond donors (Lipinski definition) is 2. The molecule has 2 rings (SSSR count). The third kappa shape index (κ3) is 7.91. The maximum absolute atomic E-state index is 11.8. The first-order valence-corrected chi connectivity index (χ1v) is 9.27. The first-order chi connectivity index (χ1) is 11.6. The van der Waals surface area contributed by atoms with Crippen LogP contribution in [0.5, 0.6) is 0 Å². The molecule has 1 aromatic rings. The first kappa shape index (κ1) is 22.2. The van der Waals surface area contributed by atoms with Gasteiger partial charge in [0.15, 0.2) is 5.96 Å². The van der Waals surface area contributed by atoms with Crippen LogP contribution in [0.15, 0.2) is 17.1 Å². The topological polar surface area (TPSA) is 66.0 Å². The summed E-state index contributed by atoms with van der Waals surface area (Å²) in [7, 11) is 3.48. The van der Waals surface area contributed by atoms with Crippen molar-refractivity contribution in [2.24, 2.45) is 10.9 Å². The van der Waals surface area contributed by atoms with E-state index in [2.05, 4.69) is 34.7 Å². The van der Waals surface area contributed by atoms with E-state index < -0.39 is 0 Å². The summed E-state index contributed by atoms with van der Waals surface area (Å²) in [5, 5.41) is 6.67. The van der Waals surface area contributed by atoms with Crippen molar-refractivity contribution in [2.45, 2.75) is 26.3 Å². The van der Waals surface area contributed by atoms with Crippen LogP contribution >= 0.6 is 35.3 Å². The van der Waals surface area contributed by atoms with Gasteiger partial charge in [-0.25, -0.2) is 4.99 Å². The third-order valence-electron chi connectivity index (χ3n) is 3.95. The maximum Gasteiger partial charge on any atom is 0.243 e. The van der Waals surface area contributed by atoms with Crippen molar-refractivity contribution in [3.63, 3.8) is 0 Å². The maximum atomic E-state index is 11.8. The van der Waals surface area contributed by atoms with Crippen molar-refractivity contribution >= 4 is 47.2 Å². The first-order valence-electron chi connectivity index (χ1n) is 8.46. The molecular formula is C17H29IN4O2S. The Kier molecular flexibility index (Phi) is 10.4. The van der Waals surface area contributed by atoms with E-state index >= 15 is 0 Å². The predicted molar refractivity (Wildman–Crippen MR) is 114 cm³/mol. The van der Waals surface area contributed by atoms with Gasteiger partial charge in [-0.05, 0) is 25.0 Å². The van der Waals surface area contributed by atoms with E-state index in [-0.39, 0.29) is 36.4 Å². The Bertz CT molecular complexity index is 557. The number of nitrogens with zero attached hydrogens (tertiary/aromatic N) is 2. The van der Waals surface area contributed by atoms with Gasteiger partial charge in [-0.15, -0.1) is 35.3 Å². The smallest absolute Gasteiger partial charge is 0.243 e. The van der Waals surface area contributed by atoms with Gasteiger partial charge in [-0.3, -0.25) is 4.79 Å². The normalized spacial score (nSPS) is 17.1. The van der Waals surface area contributed by atoms with Gasteiger partial charge in [0.1, 0.15) is 6.54 Å². The standard InChI is InChI=1S/C17H28N4O2S.HI/c1-4-14-5-6-15(24-14)10-19-17(20-11-16(22)21(2)3)18-9-13-7-8-23-12-13;/h5-6,13H,4,7-12H2,1-3H3,(H2,18,19,20);1H. The van der Waals surface area contributed by atoms with E-state index in [1.54, 1.807) is 19.0 Å². The monoisotopic (exact) mass is 480 g/mol. The van der Waals surface area contributed by atoms with Crippen LogP contribution in [0.3, 0.4) is 0 Å². The number of ether oxygens (including phenoxy) is 1. The molecule has 0 aromatic carbocycles. The molecule has 0 spiro atoms. The number of aryl methyl sites for hydroxylation is 1. The van der Waals surface area contributed by atoms with Crippen molar-refractivity contribution in [1.82, 2.24) is 15.5 Å². The van der Waals surface area contributed by atoms with Crippen LogP contribution in [-0.2, 0) is 22.5 Å². The second-order valence-corrected chi connectivity index (χ2v) is 7.39. The minimum atomic E-state index is -0.00954. The van der Waals surface area contributed by atoms with Crippen LogP contribution < -0.4 is 10.6 Å². The fourth-order valence-electron chi connectivity index (χ4n) is 2.33. The van der Waals surface area contributed by atoms with Gasteiger partial charge < -0.3 is 20.3 Å². The molecule has 0 bridgehead atoms. The summed E-state index contributed by atoms with van der Waals surface area (Å²) in [5.41, 5.74) is 0. The van der Waals surface area contributed by atoms with E-state index in [1.807, 2.05) is 11.3 Å². The zero-order chi connectivity index (χ0) is 17.4. The summed E-state index contributed by atoms with van der Waals surface area (Å²) in [5.74, 6) is 1.18. The van der Waals surface area contributed by atoms with Gasteiger partial charge in [-0.2, -0.15) is 0 Å². The van der Waals surface area contributed by atoms with Crippen molar-refractivity contribution in [3.8, 4) is 0 Å². The van der Waals surface area contributed by atoms with E-state index in [0.717, 1.165) is 32.6 Å². The lowest BCUT2D eigenvalue weighted by Crippen LogP contribution is -2.40. The SMILES string of the molecule is CCc1ccc(CNC(=NCC(=O)N(C)C)NCC2CCOC2)s1.I. The van der Waals surface area contributed by atoms with Crippen molar-refractivity contribution < 1.29 is 9.53 Å². The lowest BCUT2D eigenvalue weighted by Gasteiger charge is -2.15. The molecule has 1 aliphatic heterocycles. The fourth-order valence-corrected chi connectivity index (χ4v) is 3.22. The highest BCUT2D eigenvalue weighted by atomic mass is 127. The lowest BCUT2D eigenvalue weighted by molar-refractivity contribution is -0.127. The average Bonchev–Trinajstić information content (AvgIpc) is 3.25. The van der Waals surface area contributed by atoms with Crippen LogP contribution in [0.2, 0.25) is 0 Å². The molecule has 2 N–H and O–H groups in total. The third-order valence-corrected chi connectivity index (χ3v) is 5.18. The van der Waals surface area contributed by atoms with Crippen LogP contribution in [0, 0.1) is 5.92 Å². The largest absolute Gasteiger partial charge is 0.381 e. The second-order valence-electron chi connectivity index (χ2n) is 6.14. The van der Waals surface area contributed by atoms with Gasteiger partial charge in [-0.1, -0.05) is 6.92 Å². The summed E-state index contributed by atoms with van der Waals surface area (Å²) in [6, 6.07) is 4.31. The van der Waals surface area contributed by atoms with Gasteiger partial charge in [0.2, 0.25) is 5.91 Å². The highest BCUT2D eigenvalue weighted by Gasteiger charge is 2.16. The van der Waals surface area contributed by atoms with Crippen LogP contribution in [0.25, 0.3) is 0 Å². The fraction of sp³-hybridized carbons (Fsp3) is 0.647. The zero-order valence-corrected chi connectivity index (χ0v) is 18.4. The molecule has 0 saturated carbocycles. The molecule has 1 atom stereocenters. The van der Waals surface area contributed by atoms with E-state index in [4.69, 9.17) is 4.74 Å². The minimum absolute atomic E-state index is 0. The number of carbonyl (C=O) groups is 1. The van der Waals surface area contributed by atoms with Gasteiger partial charge >= 0.3 is 0 Å².